The number of halogens is 3. The predicted molar refractivity (Wildman–Crippen MR) is 62.2 cm³/mol. The van der Waals surface area contributed by atoms with Gasteiger partial charge in [-0.25, -0.2) is 9.97 Å². The van der Waals surface area contributed by atoms with Crippen molar-refractivity contribution in [3.8, 4) is 0 Å². The lowest BCUT2D eigenvalue weighted by atomic mass is 10.5. The third-order valence-corrected chi connectivity index (χ3v) is 3.48. The molecule has 0 amide bonds. The van der Waals surface area contributed by atoms with Crippen molar-refractivity contribution >= 4 is 45.8 Å². The van der Waals surface area contributed by atoms with Crippen LogP contribution in [0.4, 0.5) is 0 Å². The second-order valence-electron chi connectivity index (χ2n) is 2.77. The first kappa shape index (κ1) is 11.4. The van der Waals surface area contributed by atoms with Crippen LogP contribution in [-0.2, 0) is 6.54 Å². The Bertz CT molecular complexity index is 294. The van der Waals surface area contributed by atoms with Gasteiger partial charge in [0.25, 0.3) is 0 Å². The molecule has 3 nitrogen and oxygen atoms in total. The van der Waals surface area contributed by atoms with Crippen LogP contribution >= 0.6 is 45.8 Å². The van der Waals surface area contributed by atoms with Crippen LogP contribution in [-0.4, -0.2) is 29.0 Å². The third kappa shape index (κ3) is 3.19. The molecule has 0 aliphatic heterocycles. The normalized spacial score (nSPS) is 10.9. The molecule has 0 fully saturated rings. The van der Waals surface area contributed by atoms with E-state index in [0.717, 1.165) is 0 Å². The molecule has 13 heavy (non-hydrogen) atoms. The van der Waals surface area contributed by atoms with Gasteiger partial charge in [-0.3, -0.25) is 0 Å². The van der Waals surface area contributed by atoms with Crippen LogP contribution in [0.3, 0.4) is 0 Å². The first-order valence-electron chi connectivity index (χ1n) is 3.53. The summed E-state index contributed by atoms with van der Waals surface area (Å²) in [7, 11) is 3.87. The highest BCUT2D eigenvalue weighted by Crippen LogP contribution is 2.22. The highest BCUT2D eigenvalue weighted by Gasteiger charge is 2.08. The van der Waals surface area contributed by atoms with Crippen molar-refractivity contribution in [3.63, 3.8) is 0 Å². The average Bonchev–Trinajstić information content (AvgIpc) is 1.98. The Hall–Kier alpha value is 0.350. The van der Waals surface area contributed by atoms with Crippen molar-refractivity contribution in [1.29, 1.82) is 0 Å². The third-order valence-electron chi connectivity index (χ3n) is 1.27. The number of hydrogen-bond acceptors (Lipinski definition) is 3. The van der Waals surface area contributed by atoms with Crippen LogP contribution in [0, 0.1) is 3.57 Å². The van der Waals surface area contributed by atoms with E-state index in [9.17, 15) is 0 Å². The lowest BCUT2D eigenvalue weighted by Gasteiger charge is -2.08. The molecule has 0 aromatic carbocycles. The average molecular weight is 332 g/mol. The summed E-state index contributed by atoms with van der Waals surface area (Å²) in [6.07, 6.45) is 0. The summed E-state index contributed by atoms with van der Waals surface area (Å²) >= 11 is 13.7. The molecule has 0 N–H and O–H groups in total. The molecule has 0 spiro atoms. The van der Waals surface area contributed by atoms with Gasteiger partial charge in [-0.1, -0.05) is 23.2 Å². The summed E-state index contributed by atoms with van der Waals surface area (Å²) in [6, 6.07) is 0. The van der Waals surface area contributed by atoms with Crippen LogP contribution in [0.25, 0.3) is 0 Å². The summed E-state index contributed by atoms with van der Waals surface area (Å²) in [5, 5.41) is 0.829. The molecule has 0 bridgehead atoms. The number of aromatic nitrogens is 2. The zero-order chi connectivity index (χ0) is 10.0. The number of nitrogens with zero attached hydrogens (tertiary/aromatic N) is 3. The minimum Gasteiger partial charge on any atom is -0.302 e. The maximum atomic E-state index is 5.84. The lowest BCUT2D eigenvalue weighted by Crippen LogP contribution is -2.13. The summed E-state index contributed by atoms with van der Waals surface area (Å²) in [5.41, 5.74) is 0. The fourth-order valence-electron chi connectivity index (χ4n) is 0.788. The maximum absolute atomic E-state index is 5.84. The van der Waals surface area contributed by atoms with E-state index in [-0.39, 0.29) is 0 Å². The molecule has 0 unspecified atom stereocenters. The van der Waals surface area contributed by atoms with Crippen molar-refractivity contribution in [2.75, 3.05) is 14.1 Å². The predicted octanol–water partition coefficient (Wildman–Crippen LogP) is 2.45. The Morgan fingerprint density at radius 2 is 1.69 bits per heavy atom. The van der Waals surface area contributed by atoms with E-state index in [0.29, 0.717) is 26.2 Å². The summed E-state index contributed by atoms with van der Waals surface area (Å²) < 4.78 is 0.698. The van der Waals surface area contributed by atoms with E-state index in [4.69, 9.17) is 23.2 Å². The Balaban J connectivity index is 2.99. The van der Waals surface area contributed by atoms with E-state index in [1.54, 1.807) is 0 Å². The Labute approximate surface area is 101 Å². The molecule has 6 heteroatoms. The van der Waals surface area contributed by atoms with Gasteiger partial charge >= 0.3 is 0 Å². The molecular weight excluding hydrogens is 324 g/mol. The molecule has 1 rings (SSSR count). The standard InChI is InChI=1S/C7H8Cl2IN3/c1-13(2)3-4-11-6(8)5(10)7(9)12-4/h3H2,1-2H3. The Morgan fingerprint density at radius 1 is 1.23 bits per heavy atom. The highest BCUT2D eigenvalue weighted by atomic mass is 127. The number of hydrogen-bond donors (Lipinski definition) is 0. The quantitative estimate of drug-likeness (QED) is 0.615. The van der Waals surface area contributed by atoms with Gasteiger partial charge in [0.05, 0.1) is 10.1 Å². The van der Waals surface area contributed by atoms with Crippen molar-refractivity contribution < 1.29 is 0 Å². The first-order valence-corrected chi connectivity index (χ1v) is 5.36. The molecule has 0 aliphatic carbocycles. The SMILES string of the molecule is CN(C)Cc1nc(Cl)c(I)c(Cl)n1. The van der Waals surface area contributed by atoms with Crippen LogP contribution in [0.15, 0.2) is 0 Å². The van der Waals surface area contributed by atoms with E-state index in [2.05, 4.69) is 9.97 Å². The van der Waals surface area contributed by atoms with E-state index in [1.165, 1.54) is 0 Å². The minimum atomic E-state index is 0.414. The van der Waals surface area contributed by atoms with Gasteiger partial charge in [0, 0.05) is 0 Å². The largest absolute Gasteiger partial charge is 0.302 e. The fraction of sp³-hybridized carbons (Fsp3) is 0.429. The minimum absolute atomic E-state index is 0.414. The maximum Gasteiger partial charge on any atom is 0.147 e. The van der Waals surface area contributed by atoms with Crippen LogP contribution < -0.4 is 0 Å². The van der Waals surface area contributed by atoms with Gasteiger partial charge in [-0.2, -0.15) is 0 Å². The van der Waals surface area contributed by atoms with E-state index in [1.807, 2.05) is 41.6 Å². The molecule has 0 aliphatic rings. The molecule has 1 heterocycles. The van der Waals surface area contributed by atoms with Gasteiger partial charge < -0.3 is 4.90 Å². The Kier molecular flexibility index (Phi) is 4.15. The van der Waals surface area contributed by atoms with E-state index >= 15 is 0 Å². The van der Waals surface area contributed by atoms with E-state index < -0.39 is 0 Å². The summed E-state index contributed by atoms with van der Waals surface area (Å²) in [4.78, 5) is 10.1. The smallest absolute Gasteiger partial charge is 0.147 e. The van der Waals surface area contributed by atoms with Gasteiger partial charge in [0.15, 0.2) is 0 Å². The second-order valence-corrected chi connectivity index (χ2v) is 4.57. The molecule has 1 aromatic heterocycles. The van der Waals surface area contributed by atoms with Gasteiger partial charge in [0.1, 0.15) is 16.1 Å². The zero-order valence-corrected chi connectivity index (χ0v) is 10.9. The molecule has 0 radical (unpaired) electrons. The summed E-state index contributed by atoms with van der Waals surface area (Å²) in [6.45, 7) is 0.635. The monoisotopic (exact) mass is 331 g/mol. The second kappa shape index (κ2) is 4.72. The molecule has 1 aromatic rings. The van der Waals surface area contributed by atoms with Crippen molar-refractivity contribution in [2.24, 2.45) is 0 Å². The van der Waals surface area contributed by atoms with Gasteiger partial charge in [0.2, 0.25) is 0 Å². The molecule has 0 saturated heterocycles. The van der Waals surface area contributed by atoms with Crippen LogP contribution in [0.1, 0.15) is 5.82 Å². The van der Waals surface area contributed by atoms with Gasteiger partial charge in [-0.15, -0.1) is 0 Å². The van der Waals surface area contributed by atoms with Crippen molar-refractivity contribution in [2.45, 2.75) is 6.54 Å². The lowest BCUT2D eigenvalue weighted by molar-refractivity contribution is 0.390. The van der Waals surface area contributed by atoms with Crippen LogP contribution in [0.5, 0.6) is 0 Å². The zero-order valence-electron chi connectivity index (χ0n) is 7.18. The molecule has 0 atom stereocenters. The Morgan fingerprint density at radius 3 is 2.08 bits per heavy atom. The number of rotatable bonds is 2. The highest BCUT2D eigenvalue weighted by molar-refractivity contribution is 14.1. The summed E-state index contributed by atoms with van der Waals surface area (Å²) in [5.74, 6) is 0.639. The van der Waals surface area contributed by atoms with Crippen molar-refractivity contribution in [1.82, 2.24) is 14.9 Å². The van der Waals surface area contributed by atoms with Crippen LogP contribution in [0.2, 0.25) is 10.3 Å². The fourth-order valence-corrected chi connectivity index (χ4v) is 1.45. The van der Waals surface area contributed by atoms with Gasteiger partial charge in [-0.05, 0) is 36.7 Å². The molecule has 0 saturated carbocycles. The molecular formula is C7H8Cl2IN3. The topological polar surface area (TPSA) is 29.0 Å². The molecule has 72 valence electrons. The first-order chi connectivity index (χ1) is 6.00. The van der Waals surface area contributed by atoms with Crippen molar-refractivity contribution in [3.05, 3.63) is 19.7 Å².